The summed E-state index contributed by atoms with van der Waals surface area (Å²) in [5, 5.41) is 3.02. The smallest absolute Gasteiger partial charge is 0.251 e. The van der Waals surface area contributed by atoms with Crippen molar-refractivity contribution in [2.75, 3.05) is 52.4 Å². The average molecular weight is 360 g/mol. The normalized spacial score (nSPS) is 19.2. The molecule has 1 amide bonds. The minimum Gasteiger partial charge on any atom is -0.492 e. The molecule has 0 aromatic heterocycles. The molecule has 144 valence electrons. The first-order valence-corrected chi connectivity index (χ1v) is 10.3. The van der Waals surface area contributed by atoms with Crippen molar-refractivity contribution in [3.63, 3.8) is 0 Å². The second-order valence-corrected chi connectivity index (χ2v) is 7.43. The van der Waals surface area contributed by atoms with Crippen molar-refractivity contribution in [2.24, 2.45) is 0 Å². The van der Waals surface area contributed by atoms with E-state index in [1.165, 1.54) is 64.7 Å². The number of rotatable bonds is 8. The summed E-state index contributed by atoms with van der Waals surface area (Å²) in [7, 11) is 0. The van der Waals surface area contributed by atoms with Crippen LogP contribution >= 0.6 is 0 Å². The Hall–Kier alpha value is -1.59. The number of ether oxygens (including phenoxy) is 1. The zero-order valence-corrected chi connectivity index (χ0v) is 15.9. The van der Waals surface area contributed by atoms with Crippen LogP contribution in [0.3, 0.4) is 0 Å². The Morgan fingerprint density at radius 2 is 1.42 bits per heavy atom. The van der Waals surface area contributed by atoms with Crippen molar-refractivity contribution in [1.29, 1.82) is 0 Å². The molecule has 0 radical (unpaired) electrons. The molecule has 0 aliphatic carbocycles. The van der Waals surface area contributed by atoms with Gasteiger partial charge in [-0.1, -0.05) is 12.8 Å². The summed E-state index contributed by atoms with van der Waals surface area (Å²) in [5.74, 6) is 0.841. The molecule has 26 heavy (non-hydrogen) atoms. The Bertz CT molecular complexity index is 535. The van der Waals surface area contributed by atoms with Crippen LogP contribution in [-0.4, -0.2) is 68.1 Å². The highest BCUT2D eigenvalue weighted by Crippen LogP contribution is 2.13. The van der Waals surface area contributed by atoms with Crippen molar-refractivity contribution < 1.29 is 9.53 Å². The maximum Gasteiger partial charge on any atom is 0.251 e. The molecule has 2 aliphatic heterocycles. The summed E-state index contributed by atoms with van der Waals surface area (Å²) >= 11 is 0. The molecule has 5 nitrogen and oxygen atoms in total. The number of amides is 1. The highest BCUT2D eigenvalue weighted by Gasteiger charge is 2.11. The van der Waals surface area contributed by atoms with Gasteiger partial charge < -0.3 is 15.0 Å². The maximum atomic E-state index is 12.2. The summed E-state index contributed by atoms with van der Waals surface area (Å²) in [4.78, 5) is 17.1. The summed E-state index contributed by atoms with van der Waals surface area (Å²) in [6.07, 6.45) is 7.89. The van der Waals surface area contributed by atoms with Crippen molar-refractivity contribution in [3.8, 4) is 5.75 Å². The molecule has 2 heterocycles. The molecular weight excluding hydrogens is 326 g/mol. The van der Waals surface area contributed by atoms with Crippen molar-refractivity contribution in [2.45, 2.75) is 38.5 Å². The molecule has 1 N–H and O–H groups in total. The van der Waals surface area contributed by atoms with Gasteiger partial charge in [-0.3, -0.25) is 9.69 Å². The Balaban J connectivity index is 1.34. The lowest BCUT2D eigenvalue weighted by molar-refractivity contribution is 0.0946. The fraction of sp³-hybridized carbons (Fsp3) is 0.667. The predicted octanol–water partition coefficient (Wildman–Crippen LogP) is 2.77. The number of carbonyl (C=O) groups is 1. The quantitative estimate of drug-likeness (QED) is 0.775. The van der Waals surface area contributed by atoms with Gasteiger partial charge in [0.25, 0.3) is 5.91 Å². The SMILES string of the molecule is O=C(NCCN1CCCCC1)c1ccc(OCCN2CCCCC2)cc1. The Morgan fingerprint density at radius 1 is 0.846 bits per heavy atom. The Morgan fingerprint density at radius 3 is 2.04 bits per heavy atom. The average Bonchev–Trinajstić information content (AvgIpc) is 2.70. The number of hydrogen-bond donors (Lipinski definition) is 1. The molecule has 3 rings (SSSR count). The Kier molecular flexibility index (Phi) is 7.77. The Labute approximate surface area is 157 Å². The molecule has 0 atom stereocenters. The van der Waals surface area contributed by atoms with Crippen LogP contribution in [0, 0.1) is 0 Å². The molecule has 2 saturated heterocycles. The van der Waals surface area contributed by atoms with E-state index in [0.29, 0.717) is 18.7 Å². The van der Waals surface area contributed by atoms with Crippen LogP contribution in [-0.2, 0) is 0 Å². The molecule has 0 bridgehead atoms. The zero-order chi connectivity index (χ0) is 18.0. The first kappa shape index (κ1) is 19.2. The van der Waals surface area contributed by atoms with Gasteiger partial charge in [-0.05, 0) is 76.1 Å². The third-order valence-electron chi connectivity index (χ3n) is 5.40. The van der Waals surface area contributed by atoms with Crippen LogP contribution in [0.15, 0.2) is 24.3 Å². The van der Waals surface area contributed by atoms with Crippen LogP contribution in [0.4, 0.5) is 0 Å². The van der Waals surface area contributed by atoms with Gasteiger partial charge in [-0.25, -0.2) is 0 Å². The molecule has 0 spiro atoms. The molecule has 1 aromatic rings. The second-order valence-electron chi connectivity index (χ2n) is 7.43. The van der Waals surface area contributed by atoms with Gasteiger partial charge in [0.2, 0.25) is 0 Å². The van der Waals surface area contributed by atoms with E-state index in [-0.39, 0.29) is 5.91 Å². The number of likely N-dealkylation sites (tertiary alicyclic amines) is 2. The van der Waals surface area contributed by atoms with Gasteiger partial charge in [-0.2, -0.15) is 0 Å². The third kappa shape index (κ3) is 6.29. The van der Waals surface area contributed by atoms with Gasteiger partial charge in [0.15, 0.2) is 0 Å². The van der Waals surface area contributed by atoms with Gasteiger partial charge in [0.05, 0.1) is 0 Å². The molecule has 1 aromatic carbocycles. The molecule has 0 saturated carbocycles. The van der Waals surface area contributed by atoms with Crippen molar-refractivity contribution >= 4 is 5.91 Å². The number of carbonyl (C=O) groups excluding carboxylic acids is 1. The van der Waals surface area contributed by atoms with E-state index in [2.05, 4.69) is 15.1 Å². The van der Waals surface area contributed by atoms with Crippen LogP contribution < -0.4 is 10.1 Å². The van der Waals surface area contributed by atoms with E-state index >= 15 is 0 Å². The van der Waals surface area contributed by atoms with E-state index in [0.717, 1.165) is 18.8 Å². The summed E-state index contributed by atoms with van der Waals surface area (Å²) in [6.45, 7) is 8.08. The summed E-state index contributed by atoms with van der Waals surface area (Å²) in [6, 6.07) is 7.50. The highest BCUT2D eigenvalue weighted by molar-refractivity contribution is 5.94. The number of nitrogens with one attached hydrogen (secondary N) is 1. The molecule has 5 heteroatoms. The number of nitrogens with zero attached hydrogens (tertiary/aromatic N) is 2. The first-order valence-electron chi connectivity index (χ1n) is 10.3. The molecular formula is C21H33N3O2. The number of hydrogen-bond acceptors (Lipinski definition) is 4. The summed E-state index contributed by atoms with van der Waals surface area (Å²) < 4.78 is 5.82. The van der Waals surface area contributed by atoms with E-state index in [1.807, 2.05) is 24.3 Å². The fourth-order valence-electron chi connectivity index (χ4n) is 3.79. The minimum absolute atomic E-state index is 0.00174. The van der Waals surface area contributed by atoms with E-state index < -0.39 is 0 Å². The van der Waals surface area contributed by atoms with Crippen molar-refractivity contribution in [3.05, 3.63) is 29.8 Å². The lowest BCUT2D eigenvalue weighted by Gasteiger charge is -2.26. The van der Waals surface area contributed by atoms with Crippen molar-refractivity contribution in [1.82, 2.24) is 15.1 Å². The lowest BCUT2D eigenvalue weighted by atomic mass is 10.1. The predicted molar refractivity (Wildman–Crippen MR) is 105 cm³/mol. The lowest BCUT2D eigenvalue weighted by Crippen LogP contribution is -2.37. The van der Waals surface area contributed by atoms with Crippen LogP contribution in [0.1, 0.15) is 48.9 Å². The van der Waals surface area contributed by atoms with Gasteiger partial charge >= 0.3 is 0 Å². The largest absolute Gasteiger partial charge is 0.492 e. The number of benzene rings is 1. The minimum atomic E-state index is 0.00174. The van der Waals surface area contributed by atoms with Gasteiger partial charge in [0, 0.05) is 25.2 Å². The fourth-order valence-corrected chi connectivity index (χ4v) is 3.79. The van der Waals surface area contributed by atoms with E-state index in [4.69, 9.17) is 4.74 Å². The molecule has 0 unspecified atom stereocenters. The first-order chi connectivity index (χ1) is 12.8. The monoisotopic (exact) mass is 359 g/mol. The summed E-state index contributed by atoms with van der Waals surface area (Å²) in [5.41, 5.74) is 0.701. The van der Waals surface area contributed by atoms with E-state index in [1.54, 1.807) is 0 Å². The topological polar surface area (TPSA) is 44.8 Å². The highest BCUT2D eigenvalue weighted by atomic mass is 16.5. The van der Waals surface area contributed by atoms with Crippen LogP contribution in [0.25, 0.3) is 0 Å². The van der Waals surface area contributed by atoms with Gasteiger partial charge in [0.1, 0.15) is 12.4 Å². The van der Waals surface area contributed by atoms with Gasteiger partial charge in [-0.15, -0.1) is 0 Å². The van der Waals surface area contributed by atoms with Crippen LogP contribution in [0.5, 0.6) is 5.75 Å². The van der Waals surface area contributed by atoms with E-state index in [9.17, 15) is 4.79 Å². The maximum absolute atomic E-state index is 12.2. The van der Waals surface area contributed by atoms with Crippen LogP contribution in [0.2, 0.25) is 0 Å². The second kappa shape index (κ2) is 10.5. The molecule has 2 aliphatic rings. The number of piperidine rings is 2. The molecule has 2 fully saturated rings. The standard InChI is InChI=1S/C21H33N3O2/c25-21(22-11-16-23-12-3-1-4-13-23)19-7-9-20(10-8-19)26-18-17-24-14-5-2-6-15-24/h7-10H,1-6,11-18H2,(H,22,25). The zero-order valence-electron chi connectivity index (χ0n) is 15.9. The third-order valence-corrected chi connectivity index (χ3v) is 5.40.